The van der Waals surface area contributed by atoms with Gasteiger partial charge in [-0.1, -0.05) is 18.3 Å². The molecule has 0 aliphatic carbocycles. The molecule has 1 rings (SSSR count). The summed E-state index contributed by atoms with van der Waals surface area (Å²) in [4.78, 5) is 13.6. The highest BCUT2D eigenvalue weighted by atomic mass is 35.5. The molecule has 0 aliphatic heterocycles. The highest BCUT2D eigenvalue weighted by molar-refractivity contribution is 7.17. The lowest BCUT2D eigenvalue weighted by atomic mass is 10.5. The second-order valence-electron chi connectivity index (χ2n) is 3.01. The lowest BCUT2D eigenvalue weighted by molar-refractivity contribution is 0.0949. The van der Waals surface area contributed by atoms with Gasteiger partial charge in [0.2, 0.25) is 9.47 Å². The Labute approximate surface area is 97.4 Å². The molecular weight excluding hydrogens is 236 g/mol. The molecule has 0 fully saturated rings. The SMILES string of the molecule is CCN(C)CCNC(=O)c1nnc(Cl)s1. The minimum absolute atomic E-state index is 0.219. The fourth-order valence-electron chi connectivity index (χ4n) is 0.891. The van der Waals surface area contributed by atoms with Crippen LogP contribution in [0.2, 0.25) is 4.47 Å². The summed E-state index contributed by atoms with van der Waals surface area (Å²) in [5.74, 6) is -0.219. The minimum atomic E-state index is -0.219. The zero-order valence-corrected chi connectivity index (χ0v) is 10.2. The third kappa shape index (κ3) is 4.11. The molecule has 0 radical (unpaired) electrons. The molecule has 7 heteroatoms. The van der Waals surface area contributed by atoms with Crippen LogP contribution in [0.5, 0.6) is 0 Å². The van der Waals surface area contributed by atoms with E-state index in [1.165, 1.54) is 0 Å². The highest BCUT2D eigenvalue weighted by Gasteiger charge is 2.10. The first-order valence-electron chi connectivity index (χ1n) is 4.59. The number of amides is 1. The number of carbonyl (C=O) groups excluding carboxylic acids is 1. The van der Waals surface area contributed by atoms with Crippen LogP contribution in [0.25, 0.3) is 0 Å². The molecule has 15 heavy (non-hydrogen) atoms. The molecule has 1 N–H and O–H groups in total. The van der Waals surface area contributed by atoms with Gasteiger partial charge in [0.15, 0.2) is 0 Å². The topological polar surface area (TPSA) is 58.1 Å². The number of likely N-dealkylation sites (N-methyl/N-ethyl adjacent to an activating group) is 1. The molecule has 0 aromatic carbocycles. The number of nitrogens with one attached hydrogen (secondary N) is 1. The highest BCUT2D eigenvalue weighted by Crippen LogP contribution is 2.14. The Kier molecular flexibility index (Phi) is 4.93. The van der Waals surface area contributed by atoms with Crippen molar-refractivity contribution in [3.63, 3.8) is 0 Å². The Morgan fingerprint density at radius 1 is 1.60 bits per heavy atom. The summed E-state index contributed by atoms with van der Waals surface area (Å²) in [6.07, 6.45) is 0. The van der Waals surface area contributed by atoms with Crippen molar-refractivity contribution in [2.75, 3.05) is 26.7 Å². The summed E-state index contributed by atoms with van der Waals surface area (Å²) in [5.41, 5.74) is 0. The lowest BCUT2D eigenvalue weighted by Crippen LogP contribution is -2.32. The van der Waals surface area contributed by atoms with Crippen LogP contribution in [0, 0.1) is 0 Å². The van der Waals surface area contributed by atoms with Crippen LogP contribution in [0.4, 0.5) is 0 Å². The molecule has 1 aromatic rings. The molecule has 1 heterocycles. The molecule has 5 nitrogen and oxygen atoms in total. The van der Waals surface area contributed by atoms with Gasteiger partial charge in [0, 0.05) is 13.1 Å². The molecule has 0 saturated carbocycles. The minimum Gasteiger partial charge on any atom is -0.349 e. The number of halogens is 1. The van der Waals surface area contributed by atoms with Crippen LogP contribution in [-0.4, -0.2) is 47.7 Å². The number of nitrogens with zero attached hydrogens (tertiary/aromatic N) is 3. The molecule has 0 aliphatic rings. The summed E-state index contributed by atoms with van der Waals surface area (Å²) in [6, 6.07) is 0. The van der Waals surface area contributed by atoms with E-state index in [2.05, 4.69) is 27.3 Å². The first kappa shape index (κ1) is 12.4. The summed E-state index contributed by atoms with van der Waals surface area (Å²) in [5, 5.41) is 10.3. The first-order valence-corrected chi connectivity index (χ1v) is 5.78. The van der Waals surface area contributed by atoms with E-state index in [1.807, 2.05) is 7.05 Å². The van der Waals surface area contributed by atoms with Crippen LogP contribution in [-0.2, 0) is 0 Å². The standard InChI is InChI=1S/C8H13ClN4OS/c1-3-13(2)5-4-10-6(14)7-11-12-8(9)15-7/h3-5H2,1-2H3,(H,10,14). The maximum absolute atomic E-state index is 11.4. The smallest absolute Gasteiger partial charge is 0.282 e. The zero-order valence-electron chi connectivity index (χ0n) is 8.66. The van der Waals surface area contributed by atoms with Gasteiger partial charge in [0.1, 0.15) is 0 Å². The van der Waals surface area contributed by atoms with Crippen LogP contribution in [0.3, 0.4) is 0 Å². The summed E-state index contributed by atoms with van der Waals surface area (Å²) in [7, 11) is 1.99. The second-order valence-corrected chi connectivity index (χ2v) is 4.57. The van der Waals surface area contributed by atoms with Crippen molar-refractivity contribution in [1.82, 2.24) is 20.4 Å². The van der Waals surface area contributed by atoms with Gasteiger partial charge in [-0.25, -0.2) is 0 Å². The average Bonchev–Trinajstić information content (AvgIpc) is 2.64. The van der Waals surface area contributed by atoms with Crippen molar-refractivity contribution in [2.24, 2.45) is 0 Å². The number of aromatic nitrogens is 2. The Balaban J connectivity index is 2.31. The molecule has 1 aromatic heterocycles. The van der Waals surface area contributed by atoms with Crippen LogP contribution < -0.4 is 5.32 Å². The maximum atomic E-state index is 11.4. The third-order valence-electron chi connectivity index (χ3n) is 1.91. The zero-order chi connectivity index (χ0) is 11.3. The molecule has 0 bridgehead atoms. The quantitative estimate of drug-likeness (QED) is 0.840. The van der Waals surface area contributed by atoms with Gasteiger partial charge in [-0.15, -0.1) is 10.2 Å². The molecule has 0 saturated heterocycles. The number of rotatable bonds is 5. The van der Waals surface area contributed by atoms with Gasteiger partial charge >= 0.3 is 0 Å². The van der Waals surface area contributed by atoms with Gasteiger partial charge in [0.05, 0.1) is 0 Å². The lowest BCUT2D eigenvalue weighted by Gasteiger charge is -2.13. The van der Waals surface area contributed by atoms with E-state index in [4.69, 9.17) is 11.6 Å². The molecule has 0 spiro atoms. The Morgan fingerprint density at radius 2 is 2.33 bits per heavy atom. The second kappa shape index (κ2) is 5.99. The van der Waals surface area contributed by atoms with Gasteiger partial charge in [-0.3, -0.25) is 4.79 Å². The van der Waals surface area contributed by atoms with Gasteiger partial charge in [-0.2, -0.15) is 0 Å². The summed E-state index contributed by atoms with van der Waals surface area (Å²) < 4.78 is 0.283. The van der Waals surface area contributed by atoms with Gasteiger partial charge in [-0.05, 0) is 25.2 Å². The molecule has 84 valence electrons. The normalized spacial score (nSPS) is 10.7. The number of carbonyl (C=O) groups is 1. The van der Waals surface area contributed by atoms with Crippen molar-refractivity contribution in [1.29, 1.82) is 0 Å². The van der Waals surface area contributed by atoms with E-state index in [9.17, 15) is 4.79 Å². The molecule has 0 unspecified atom stereocenters. The largest absolute Gasteiger partial charge is 0.349 e. The van der Waals surface area contributed by atoms with Crippen LogP contribution >= 0.6 is 22.9 Å². The maximum Gasteiger partial charge on any atom is 0.282 e. The van der Waals surface area contributed by atoms with Crippen molar-refractivity contribution in [3.05, 3.63) is 9.47 Å². The fourth-order valence-corrected chi connectivity index (χ4v) is 1.64. The Morgan fingerprint density at radius 3 is 2.87 bits per heavy atom. The first-order chi connectivity index (χ1) is 7.13. The van der Waals surface area contributed by atoms with Gasteiger partial charge in [0.25, 0.3) is 5.91 Å². The van der Waals surface area contributed by atoms with Crippen molar-refractivity contribution in [2.45, 2.75) is 6.92 Å². The van der Waals surface area contributed by atoms with Crippen LogP contribution in [0.1, 0.15) is 16.7 Å². The molecule has 1 amide bonds. The van der Waals surface area contributed by atoms with E-state index in [1.54, 1.807) is 0 Å². The Hall–Kier alpha value is -0.720. The Bertz CT molecular complexity index is 330. The number of hydrogen-bond acceptors (Lipinski definition) is 5. The van der Waals surface area contributed by atoms with Gasteiger partial charge < -0.3 is 10.2 Å². The van der Waals surface area contributed by atoms with Crippen molar-refractivity contribution in [3.8, 4) is 0 Å². The number of hydrogen-bond donors (Lipinski definition) is 1. The van der Waals surface area contributed by atoms with Crippen molar-refractivity contribution >= 4 is 28.8 Å². The van der Waals surface area contributed by atoms with E-state index >= 15 is 0 Å². The monoisotopic (exact) mass is 248 g/mol. The molecule has 0 atom stereocenters. The predicted octanol–water partition coefficient (Wildman–Crippen LogP) is 0.873. The van der Waals surface area contributed by atoms with E-state index in [-0.39, 0.29) is 10.4 Å². The average molecular weight is 249 g/mol. The van der Waals surface area contributed by atoms with E-state index in [0.717, 1.165) is 24.4 Å². The van der Waals surface area contributed by atoms with E-state index in [0.29, 0.717) is 11.6 Å². The van der Waals surface area contributed by atoms with Crippen LogP contribution in [0.15, 0.2) is 0 Å². The summed E-state index contributed by atoms with van der Waals surface area (Å²) in [6.45, 7) is 4.43. The van der Waals surface area contributed by atoms with Crippen molar-refractivity contribution < 1.29 is 4.79 Å². The fraction of sp³-hybridized carbons (Fsp3) is 0.625. The van der Waals surface area contributed by atoms with E-state index < -0.39 is 0 Å². The molecular formula is C8H13ClN4OS. The predicted molar refractivity (Wildman–Crippen MR) is 60.4 cm³/mol. The summed E-state index contributed by atoms with van der Waals surface area (Å²) >= 11 is 6.65. The third-order valence-corrected chi connectivity index (χ3v) is 2.93.